The first-order valence-electron chi connectivity index (χ1n) is 5.72. The van der Waals surface area contributed by atoms with Gasteiger partial charge in [-0.25, -0.2) is 4.98 Å². The molecule has 0 radical (unpaired) electrons. The minimum Gasteiger partial charge on any atom is -0.354 e. The minimum absolute atomic E-state index is 0.118. The quantitative estimate of drug-likeness (QED) is 0.742. The molecular formula is C13H24N2S. The van der Waals surface area contributed by atoms with E-state index in [4.69, 9.17) is 4.98 Å². The summed E-state index contributed by atoms with van der Waals surface area (Å²) in [6.07, 6.45) is 0. The number of aromatic nitrogens is 1. The molecule has 16 heavy (non-hydrogen) atoms. The van der Waals surface area contributed by atoms with Gasteiger partial charge in [0.1, 0.15) is 0 Å². The maximum absolute atomic E-state index is 4.79. The highest BCUT2D eigenvalue weighted by Crippen LogP contribution is 2.39. The van der Waals surface area contributed by atoms with E-state index in [-0.39, 0.29) is 10.8 Å². The van der Waals surface area contributed by atoms with Crippen molar-refractivity contribution in [3.05, 3.63) is 10.6 Å². The Labute approximate surface area is 104 Å². The normalized spacial score (nSPS) is 13.0. The van der Waals surface area contributed by atoms with Crippen LogP contribution in [0, 0.1) is 0 Å². The lowest BCUT2D eigenvalue weighted by Gasteiger charge is -2.24. The van der Waals surface area contributed by atoms with E-state index in [1.807, 2.05) is 11.3 Å². The molecule has 0 aromatic carbocycles. The van der Waals surface area contributed by atoms with Crippen molar-refractivity contribution in [2.24, 2.45) is 0 Å². The molecule has 0 saturated carbocycles. The molecule has 0 unspecified atom stereocenters. The van der Waals surface area contributed by atoms with Gasteiger partial charge < -0.3 is 4.90 Å². The molecule has 0 atom stereocenters. The molecule has 0 fully saturated rings. The van der Waals surface area contributed by atoms with Crippen LogP contribution in [-0.2, 0) is 10.8 Å². The fourth-order valence-electron chi connectivity index (χ4n) is 1.52. The van der Waals surface area contributed by atoms with Crippen LogP contribution in [0.3, 0.4) is 0 Å². The molecule has 1 aromatic rings. The first kappa shape index (κ1) is 13.5. The molecule has 0 spiro atoms. The molecule has 3 heteroatoms. The van der Waals surface area contributed by atoms with Crippen LogP contribution >= 0.6 is 11.3 Å². The van der Waals surface area contributed by atoms with E-state index in [0.717, 1.165) is 5.13 Å². The van der Waals surface area contributed by atoms with Crippen molar-refractivity contribution in [2.45, 2.75) is 52.4 Å². The van der Waals surface area contributed by atoms with Crippen molar-refractivity contribution < 1.29 is 0 Å². The van der Waals surface area contributed by atoms with Gasteiger partial charge in [0.2, 0.25) is 0 Å². The second-order valence-corrected chi connectivity index (χ2v) is 7.55. The molecule has 0 saturated heterocycles. The lowest BCUT2D eigenvalue weighted by atomic mass is 9.84. The minimum atomic E-state index is 0.118. The Bertz CT molecular complexity index is 333. The molecule has 92 valence electrons. The molecule has 0 aliphatic heterocycles. The lowest BCUT2D eigenvalue weighted by molar-refractivity contribution is 0.527. The maximum atomic E-state index is 4.79. The molecule has 0 aliphatic rings. The fourth-order valence-corrected chi connectivity index (χ4v) is 2.77. The zero-order valence-electron chi connectivity index (χ0n) is 11.8. The van der Waals surface area contributed by atoms with Gasteiger partial charge in [-0.05, 0) is 5.41 Å². The molecule has 0 N–H and O–H groups in total. The molecular weight excluding hydrogens is 216 g/mol. The van der Waals surface area contributed by atoms with E-state index in [0.29, 0.717) is 0 Å². The van der Waals surface area contributed by atoms with Gasteiger partial charge >= 0.3 is 0 Å². The average molecular weight is 240 g/mol. The fraction of sp³-hybridized carbons (Fsp3) is 0.769. The summed E-state index contributed by atoms with van der Waals surface area (Å²) in [5.41, 5.74) is 1.54. The standard InChI is InChI=1S/C13H24N2S/c1-12(2,3)9-10(13(4,5)6)16-11(14-9)15(7)8/h1-8H3. The summed E-state index contributed by atoms with van der Waals surface area (Å²) in [4.78, 5) is 8.29. The van der Waals surface area contributed by atoms with E-state index < -0.39 is 0 Å². The second kappa shape index (κ2) is 4.02. The number of thiazole rings is 1. The topological polar surface area (TPSA) is 16.1 Å². The summed E-state index contributed by atoms with van der Waals surface area (Å²) >= 11 is 1.82. The Balaban J connectivity index is 3.36. The van der Waals surface area contributed by atoms with E-state index in [9.17, 15) is 0 Å². The second-order valence-electron chi connectivity index (χ2n) is 6.57. The van der Waals surface area contributed by atoms with E-state index in [2.05, 4.69) is 60.5 Å². The van der Waals surface area contributed by atoms with Gasteiger partial charge in [0.05, 0.1) is 5.69 Å². The van der Waals surface area contributed by atoms with Crippen LogP contribution in [-0.4, -0.2) is 19.1 Å². The van der Waals surface area contributed by atoms with Crippen molar-refractivity contribution in [1.82, 2.24) is 4.98 Å². The summed E-state index contributed by atoms with van der Waals surface area (Å²) < 4.78 is 0. The number of nitrogens with zero attached hydrogens (tertiary/aromatic N) is 2. The van der Waals surface area contributed by atoms with Gasteiger partial charge in [0.15, 0.2) is 5.13 Å². The average Bonchev–Trinajstić information content (AvgIpc) is 2.44. The van der Waals surface area contributed by atoms with Crippen molar-refractivity contribution in [3.63, 3.8) is 0 Å². The van der Waals surface area contributed by atoms with Crippen LogP contribution in [0.5, 0.6) is 0 Å². The lowest BCUT2D eigenvalue weighted by Crippen LogP contribution is -2.20. The molecule has 1 heterocycles. The Morgan fingerprint density at radius 3 is 1.69 bits per heavy atom. The van der Waals surface area contributed by atoms with Gasteiger partial charge in [0.25, 0.3) is 0 Å². The predicted molar refractivity (Wildman–Crippen MR) is 73.8 cm³/mol. The van der Waals surface area contributed by atoms with Crippen LogP contribution in [0.25, 0.3) is 0 Å². The van der Waals surface area contributed by atoms with Gasteiger partial charge in [-0.1, -0.05) is 41.5 Å². The molecule has 2 nitrogen and oxygen atoms in total. The van der Waals surface area contributed by atoms with Crippen LogP contribution in [0.15, 0.2) is 0 Å². The SMILES string of the molecule is CN(C)c1nc(C(C)(C)C)c(C(C)(C)C)s1. The zero-order valence-corrected chi connectivity index (χ0v) is 12.6. The Kier molecular flexibility index (Phi) is 3.39. The predicted octanol–water partition coefficient (Wildman–Crippen LogP) is 3.80. The van der Waals surface area contributed by atoms with Crippen LogP contribution in [0.1, 0.15) is 52.1 Å². The van der Waals surface area contributed by atoms with Crippen LogP contribution in [0.2, 0.25) is 0 Å². The molecule has 0 amide bonds. The third kappa shape index (κ3) is 2.76. The van der Waals surface area contributed by atoms with Crippen LogP contribution in [0.4, 0.5) is 5.13 Å². The molecule has 0 aliphatic carbocycles. The van der Waals surface area contributed by atoms with Gasteiger partial charge in [0, 0.05) is 24.4 Å². The van der Waals surface area contributed by atoms with E-state index in [1.165, 1.54) is 10.6 Å². The van der Waals surface area contributed by atoms with E-state index in [1.54, 1.807) is 0 Å². The maximum Gasteiger partial charge on any atom is 0.185 e. The Hall–Kier alpha value is -0.570. The first-order valence-corrected chi connectivity index (χ1v) is 6.54. The first-order chi connectivity index (χ1) is 7.03. The third-order valence-electron chi connectivity index (χ3n) is 2.39. The van der Waals surface area contributed by atoms with Gasteiger partial charge in [-0.15, -0.1) is 11.3 Å². The molecule has 0 bridgehead atoms. The highest BCUT2D eigenvalue weighted by atomic mass is 32.1. The smallest absolute Gasteiger partial charge is 0.185 e. The van der Waals surface area contributed by atoms with Crippen LogP contribution < -0.4 is 4.90 Å². The van der Waals surface area contributed by atoms with Gasteiger partial charge in [-0.2, -0.15) is 0 Å². The van der Waals surface area contributed by atoms with E-state index >= 15 is 0 Å². The number of rotatable bonds is 1. The summed E-state index contributed by atoms with van der Waals surface area (Å²) in [5, 5.41) is 1.11. The van der Waals surface area contributed by atoms with Crippen molar-refractivity contribution in [1.29, 1.82) is 0 Å². The highest BCUT2D eigenvalue weighted by molar-refractivity contribution is 7.15. The van der Waals surface area contributed by atoms with Crippen molar-refractivity contribution in [3.8, 4) is 0 Å². The number of hydrogen-bond acceptors (Lipinski definition) is 3. The van der Waals surface area contributed by atoms with Crippen molar-refractivity contribution >= 4 is 16.5 Å². The van der Waals surface area contributed by atoms with Gasteiger partial charge in [-0.3, -0.25) is 0 Å². The monoisotopic (exact) mass is 240 g/mol. The summed E-state index contributed by atoms with van der Waals surface area (Å²) in [6.45, 7) is 13.5. The zero-order chi connectivity index (χ0) is 12.7. The number of hydrogen-bond donors (Lipinski definition) is 0. The molecule has 1 aromatic heterocycles. The summed E-state index contributed by atoms with van der Waals surface area (Å²) in [6, 6.07) is 0. The summed E-state index contributed by atoms with van der Waals surface area (Å²) in [7, 11) is 4.11. The largest absolute Gasteiger partial charge is 0.354 e. The highest BCUT2D eigenvalue weighted by Gasteiger charge is 2.30. The third-order valence-corrected chi connectivity index (χ3v) is 4.04. The van der Waals surface area contributed by atoms with Crippen molar-refractivity contribution in [2.75, 3.05) is 19.0 Å². The Morgan fingerprint density at radius 2 is 1.44 bits per heavy atom. The number of anilines is 1. The molecule has 1 rings (SSSR count). The Morgan fingerprint density at radius 1 is 0.938 bits per heavy atom. The summed E-state index contributed by atoms with van der Waals surface area (Å²) in [5.74, 6) is 0.